The quantitative estimate of drug-likeness (QED) is 0.818. The molecule has 0 saturated carbocycles. The van der Waals surface area contributed by atoms with E-state index in [-0.39, 0.29) is 5.41 Å². The average molecular weight is 221 g/mol. The van der Waals surface area contributed by atoms with Crippen molar-refractivity contribution in [3.05, 3.63) is 29.8 Å². The van der Waals surface area contributed by atoms with Crippen molar-refractivity contribution >= 4 is 0 Å². The molecule has 16 heavy (non-hydrogen) atoms. The second kappa shape index (κ2) is 4.85. The average Bonchev–Trinajstić information content (AvgIpc) is 2.28. The molecule has 0 atom stereocenters. The molecule has 88 valence electrons. The minimum Gasteiger partial charge on any atom is -0.497 e. The molecule has 0 spiro atoms. The van der Waals surface area contributed by atoms with E-state index in [1.807, 2.05) is 19.2 Å². The number of benzene rings is 1. The van der Waals surface area contributed by atoms with Crippen LogP contribution in [0.3, 0.4) is 0 Å². The normalized spacial score (nSPS) is 17.9. The summed E-state index contributed by atoms with van der Waals surface area (Å²) < 4.78 is 10.7. The monoisotopic (exact) mass is 221 g/mol. The van der Waals surface area contributed by atoms with E-state index in [4.69, 9.17) is 9.47 Å². The van der Waals surface area contributed by atoms with Gasteiger partial charge >= 0.3 is 0 Å². The van der Waals surface area contributed by atoms with Crippen molar-refractivity contribution in [3.63, 3.8) is 0 Å². The summed E-state index contributed by atoms with van der Waals surface area (Å²) in [5.74, 6) is 0.924. The molecule has 0 amide bonds. The first-order valence-corrected chi connectivity index (χ1v) is 5.68. The lowest BCUT2D eigenvalue weighted by atomic mass is 9.76. The van der Waals surface area contributed by atoms with Crippen LogP contribution in [0, 0.1) is 0 Å². The molecule has 1 heterocycles. The van der Waals surface area contributed by atoms with Gasteiger partial charge in [-0.2, -0.15) is 0 Å². The highest BCUT2D eigenvalue weighted by Gasteiger charge is 2.39. The van der Waals surface area contributed by atoms with Gasteiger partial charge in [-0.15, -0.1) is 0 Å². The Morgan fingerprint density at radius 1 is 1.44 bits per heavy atom. The SMILES string of the molecule is CNCCC1(c2cccc(OC)c2)COC1. The van der Waals surface area contributed by atoms with Gasteiger partial charge in [0.05, 0.1) is 20.3 Å². The van der Waals surface area contributed by atoms with Crippen molar-refractivity contribution < 1.29 is 9.47 Å². The van der Waals surface area contributed by atoms with Crippen molar-refractivity contribution in [3.8, 4) is 5.75 Å². The third-order valence-corrected chi connectivity index (χ3v) is 3.29. The molecule has 1 saturated heterocycles. The van der Waals surface area contributed by atoms with E-state index in [0.29, 0.717) is 0 Å². The van der Waals surface area contributed by atoms with E-state index in [2.05, 4.69) is 17.4 Å². The van der Waals surface area contributed by atoms with Gasteiger partial charge in [0.15, 0.2) is 0 Å². The predicted molar refractivity (Wildman–Crippen MR) is 64.0 cm³/mol. The molecule has 3 heteroatoms. The summed E-state index contributed by atoms with van der Waals surface area (Å²) in [4.78, 5) is 0. The molecule has 0 radical (unpaired) electrons. The summed E-state index contributed by atoms with van der Waals surface area (Å²) in [6, 6.07) is 8.32. The van der Waals surface area contributed by atoms with Gasteiger partial charge in [0.2, 0.25) is 0 Å². The van der Waals surface area contributed by atoms with Gasteiger partial charge in [-0.05, 0) is 37.7 Å². The molecule has 1 aromatic rings. The molecular formula is C13H19NO2. The Hall–Kier alpha value is -1.06. The van der Waals surface area contributed by atoms with Gasteiger partial charge in [-0.3, -0.25) is 0 Å². The Morgan fingerprint density at radius 3 is 2.81 bits per heavy atom. The molecular weight excluding hydrogens is 202 g/mol. The maximum Gasteiger partial charge on any atom is 0.119 e. The lowest BCUT2D eigenvalue weighted by Gasteiger charge is -2.42. The number of methoxy groups -OCH3 is 1. The topological polar surface area (TPSA) is 30.5 Å². The van der Waals surface area contributed by atoms with Gasteiger partial charge in [0, 0.05) is 5.41 Å². The molecule has 0 unspecified atom stereocenters. The number of rotatable bonds is 5. The van der Waals surface area contributed by atoms with E-state index in [1.165, 1.54) is 5.56 Å². The first kappa shape index (κ1) is 11.4. The zero-order chi connectivity index (χ0) is 11.4. The van der Waals surface area contributed by atoms with Crippen LogP contribution < -0.4 is 10.1 Å². The fourth-order valence-corrected chi connectivity index (χ4v) is 2.12. The summed E-state index contributed by atoms with van der Waals surface area (Å²) in [5.41, 5.74) is 1.52. The van der Waals surface area contributed by atoms with E-state index < -0.39 is 0 Å². The van der Waals surface area contributed by atoms with E-state index in [9.17, 15) is 0 Å². The smallest absolute Gasteiger partial charge is 0.119 e. The van der Waals surface area contributed by atoms with Gasteiger partial charge in [-0.25, -0.2) is 0 Å². The van der Waals surface area contributed by atoms with E-state index in [0.717, 1.165) is 31.9 Å². The van der Waals surface area contributed by atoms with Crippen LogP contribution in [0.4, 0.5) is 0 Å². The minimum atomic E-state index is 0.192. The first-order chi connectivity index (χ1) is 7.80. The molecule has 1 aromatic carbocycles. The maximum absolute atomic E-state index is 5.39. The first-order valence-electron chi connectivity index (χ1n) is 5.68. The summed E-state index contributed by atoms with van der Waals surface area (Å²) in [5, 5.41) is 3.20. The molecule has 1 fully saturated rings. The van der Waals surface area contributed by atoms with Crippen molar-refractivity contribution in [2.24, 2.45) is 0 Å². The highest BCUT2D eigenvalue weighted by atomic mass is 16.5. The summed E-state index contributed by atoms with van der Waals surface area (Å²) in [6.45, 7) is 2.66. The summed E-state index contributed by atoms with van der Waals surface area (Å²) >= 11 is 0. The van der Waals surface area contributed by atoms with E-state index >= 15 is 0 Å². The third kappa shape index (κ3) is 2.06. The number of nitrogens with one attached hydrogen (secondary N) is 1. The van der Waals surface area contributed by atoms with Gasteiger partial charge < -0.3 is 14.8 Å². The van der Waals surface area contributed by atoms with Crippen LogP contribution >= 0.6 is 0 Å². The van der Waals surface area contributed by atoms with Crippen LogP contribution in [0.1, 0.15) is 12.0 Å². The van der Waals surface area contributed by atoms with Crippen LogP contribution in [0.25, 0.3) is 0 Å². The Morgan fingerprint density at radius 2 is 2.25 bits per heavy atom. The highest BCUT2D eigenvalue weighted by molar-refractivity contribution is 5.35. The second-order valence-corrected chi connectivity index (χ2v) is 4.36. The number of ether oxygens (including phenoxy) is 2. The van der Waals surface area contributed by atoms with Crippen molar-refractivity contribution in [1.29, 1.82) is 0 Å². The van der Waals surface area contributed by atoms with Crippen LogP contribution in [0.5, 0.6) is 5.75 Å². The molecule has 1 N–H and O–H groups in total. The zero-order valence-electron chi connectivity index (χ0n) is 9.95. The highest BCUT2D eigenvalue weighted by Crippen LogP contribution is 2.36. The minimum absolute atomic E-state index is 0.192. The van der Waals surface area contributed by atoms with Crippen LogP contribution in [0.15, 0.2) is 24.3 Å². The van der Waals surface area contributed by atoms with Gasteiger partial charge in [0.1, 0.15) is 5.75 Å². The van der Waals surface area contributed by atoms with Gasteiger partial charge in [-0.1, -0.05) is 12.1 Å². The van der Waals surface area contributed by atoms with Crippen LogP contribution in [-0.2, 0) is 10.2 Å². The number of hydrogen-bond acceptors (Lipinski definition) is 3. The lowest BCUT2D eigenvalue weighted by Crippen LogP contribution is -2.48. The molecule has 1 aliphatic rings. The van der Waals surface area contributed by atoms with Crippen molar-refractivity contribution in [2.45, 2.75) is 11.8 Å². The molecule has 0 aromatic heterocycles. The van der Waals surface area contributed by atoms with Crippen LogP contribution in [-0.4, -0.2) is 33.9 Å². The predicted octanol–water partition coefficient (Wildman–Crippen LogP) is 1.57. The van der Waals surface area contributed by atoms with E-state index in [1.54, 1.807) is 7.11 Å². The lowest BCUT2D eigenvalue weighted by molar-refractivity contribution is -0.0638. The molecule has 1 aliphatic heterocycles. The standard InChI is InChI=1S/C13H19NO2/c1-14-7-6-13(9-16-10-13)11-4-3-5-12(8-11)15-2/h3-5,8,14H,6-7,9-10H2,1-2H3. The van der Waals surface area contributed by atoms with Crippen LogP contribution in [0.2, 0.25) is 0 Å². The number of hydrogen-bond donors (Lipinski definition) is 1. The fraction of sp³-hybridized carbons (Fsp3) is 0.538. The Labute approximate surface area is 96.8 Å². The molecule has 3 nitrogen and oxygen atoms in total. The fourth-order valence-electron chi connectivity index (χ4n) is 2.12. The maximum atomic E-state index is 5.39. The largest absolute Gasteiger partial charge is 0.497 e. The van der Waals surface area contributed by atoms with Gasteiger partial charge in [0.25, 0.3) is 0 Å². The summed E-state index contributed by atoms with van der Waals surface area (Å²) in [7, 11) is 3.69. The van der Waals surface area contributed by atoms with Crippen molar-refractivity contribution in [2.75, 3.05) is 33.9 Å². The Bertz CT molecular complexity index is 348. The Balaban J connectivity index is 2.18. The summed E-state index contributed by atoms with van der Waals surface area (Å²) in [6.07, 6.45) is 1.11. The Kier molecular flexibility index (Phi) is 3.46. The molecule has 0 aliphatic carbocycles. The van der Waals surface area contributed by atoms with Crippen molar-refractivity contribution in [1.82, 2.24) is 5.32 Å². The zero-order valence-corrected chi connectivity index (χ0v) is 9.95. The molecule has 0 bridgehead atoms. The third-order valence-electron chi connectivity index (χ3n) is 3.29. The molecule has 2 rings (SSSR count). The second-order valence-electron chi connectivity index (χ2n) is 4.36.